The van der Waals surface area contributed by atoms with Crippen LogP contribution in [-0.2, 0) is 6.54 Å². The van der Waals surface area contributed by atoms with E-state index in [0.717, 1.165) is 60.8 Å². The number of aromatic nitrogens is 4. The molecule has 31 heavy (non-hydrogen) atoms. The molecule has 3 aromatic rings. The zero-order valence-electron chi connectivity index (χ0n) is 19.0. The Balaban J connectivity index is 1.30. The molecule has 5 rings (SSSR count). The van der Waals surface area contributed by atoms with Crippen molar-refractivity contribution in [2.75, 3.05) is 13.1 Å². The second kappa shape index (κ2) is 8.58. The van der Waals surface area contributed by atoms with E-state index < -0.39 is 0 Å². The molecule has 0 bridgehead atoms. The maximum absolute atomic E-state index is 6.49. The fraction of sp³-hybridized carbons (Fsp3) is 0.560. The highest BCUT2D eigenvalue weighted by atomic mass is 16.5. The number of hydrogen-bond donors (Lipinski definition) is 0. The molecule has 0 aromatic carbocycles. The van der Waals surface area contributed by atoms with E-state index in [1.807, 2.05) is 0 Å². The van der Waals surface area contributed by atoms with Gasteiger partial charge in [-0.15, -0.1) is 0 Å². The van der Waals surface area contributed by atoms with E-state index in [2.05, 4.69) is 63.4 Å². The van der Waals surface area contributed by atoms with Gasteiger partial charge in [-0.3, -0.25) is 9.88 Å². The van der Waals surface area contributed by atoms with Crippen molar-refractivity contribution in [3.63, 3.8) is 0 Å². The van der Waals surface area contributed by atoms with E-state index in [1.165, 1.54) is 36.9 Å². The lowest BCUT2D eigenvalue weighted by Gasteiger charge is -2.31. The molecule has 0 amide bonds. The van der Waals surface area contributed by atoms with Gasteiger partial charge in [-0.2, -0.15) is 0 Å². The Hall–Kier alpha value is -2.47. The molecule has 1 aliphatic heterocycles. The maximum Gasteiger partial charge on any atom is 0.226 e. The van der Waals surface area contributed by atoms with Gasteiger partial charge in [0.25, 0.3) is 0 Å². The van der Waals surface area contributed by atoms with Gasteiger partial charge in [0.1, 0.15) is 18.1 Å². The van der Waals surface area contributed by atoms with Crippen molar-refractivity contribution in [2.45, 2.75) is 78.0 Å². The first-order valence-electron chi connectivity index (χ1n) is 11.7. The minimum atomic E-state index is 0.203. The molecular weight excluding hydrogens is 386 g/mol. The Morgan fingerprint density at radius 3 is 2.52 bits per heavy atom. The Kier molecular flexibility index (Phi) is 5.65. The first-order chi connectivity index (χ1) is 15.1. The minimum Gasteiger partial charge on any atom is -0.474 e. The van der Waals surface area contributed by atoms with E-state index >= 15 is 0 Å². The van der Waals surface area contributed by atoms with Crippen molar-refractivity contribution in [2.24, 2.45) is 0 Å². The summed E-state index contributed by atoms with van der Waals surface area (Å²) in [6.07, 6.45) is 9.03. The van der Waals surface area contributed by atoms with Gasteiger partial charge in [-0.1, -0.05) is 18.9 Å². The van der Waals surface area contributed by atoms with Crippen LogP contribution in [0.5, 0.6) is 5.88 Å². The van der Waals surface area contributed by atoms with Crippen LogP contribution in [0.25, 0.3) is 11.0 Å². The van der Waals surface area contributed by atoms with Crippen LogP contribution in [-0.4, -0.2) is 43.6 Å². The second-order valence-corrected chi connectivity index (χ2v) is 9.26. The van der Waals surface area contributed by atoms with Gasteiger partial charge in [-0.05, 0) is 64.2 Å². The van der Waals surface area contributed by atoms with Gasteiger partial charge in [0, 0.05) is 37.1 Å². The molecule has 0 radical (unpaired) electrons. The number of rotatable bonds is 5. The van der Waals surface area contributed by atoms with Crippen molar-refractivity contribution in [1.82, 2.24) is 24.4 Å². The van der Waals surface area contributed by atoms with Gasteiger partial charge in [0.05, 0.1) is 11.1 Å². The highest BCUT2D eigenvalue weighted by Gasteiger charge is 2.27. The molecule has 4 heterocycles. The van der Waals surface area contributed by atoms with Gasteiger partial charge in [-0.25, -0.2) is 9.97 Å². The number of fused-ring (bicyclic) bond motifs is 1. The first-order valence-corrected chi connectivity index (χ1v) is 11.7. The fourth-order valence-electron chi connectivity index (χ4n) is 5.35. The lowest BCUT2D eigenvalue weighted by molar-refractivity contribution is 0.0937. The van der Waals surface area contributed by atoms with Crippen LogP contribution < -0.4 is 4.74 Å². The molecule has 6 nitrogen and oxygen atoms in total. The Morgan fingerprint density at radius 1 is 1.00 bits per heavy atom. The van der Waals surface area contributed by atoms with Crippen molar-refractivity contribution in [3.05, 3.63) is 47.2 Å². The van der Waals surface area contributed by atoms with Crippen LogP contribution >= 0.6 is 0 Å². The third-order valence-corrected chi connectivity index (χ3v) is 7.13. The third kappa shape index (κ3) is 4.05. The molecule has 2 aliphatic rings. The molecule has 3 aromatic heterocycles. The normalized spacial score (nSPS) is 18.8. The predicted molar refractivity (Wildman–Crippen MR) is 122 cm³/mol. The summed E-state index contributed by atoms with van der Waals surface area (Å²) < 4.78 is 8.94. The molecule has 0 N–H and O–H groups in total. The topological polar surface area (TPSA) is 56.1 Å². The summed E-state index contributed by atoms with van der Waals surface area (Å²) in [7, 11) is 0. The molecule has 2 fully saturated rings. The van der Waals surface area contributed by atoms with E-state index in [0.29, 0.717) is 6.04 Å². The van der Waals surface area contributed by atoms with Crippen molar-refractivity contribution in [1.29, 1.82) is 0 Å². The molecule has 0 unspecified atom stereocenters. The summed E-state index contributed by atoms with van der Waals surface area (Å²) in [5.41, 5.74) is 5.86. The summed E-state index contributed by atoms with van der Waals surface area (Å²) >= 11 is 0. The largest absolute Gasteiger partial charge is 0.474 e. The van der Waals surface area contributed by atoms with Gasteiger partial charge < -0.3 is 9.30 Å². The number of piperidine rings is 1. The molecule has 1 aliphatic carbocycles. The zero-order chi connectivity index (χ0) is 21.4. The molecule has 6 heteroatoms. The summed E-state index contributed by atoms with van der Waals surface area (Å²) in [6.45, 7) is 9.42. The Morgan fingerprint density at radius 2 is 1.77 bits per heavy atom. The van der Waals surface area contributed by atoms with Crippen LogP contribution in [0, 0.1) is 20.8 Å². The summed E-state index contributed by atoms with van der Waals surface area (Å²) in [6, 6.07) is 6.83. The summed E-state index contributed by atoms with van der Waals surface area (Å²) in [5.74, 6) is 0.765. The number of hydrogen-bond acceptors (Lipinski definition) is 5. The lowest BCUT2D eigenvalue weighted by atomic mass is 10.1. The van der Waals surface area contributed by atoms with Crippen LogP contribution in [0.4, 0.5) is 0 Å². The lowest BCUT2D eigenvalue weighted by Crippen LogP contribution is -2.38. The Labute approximate surface area is 184 Å². The van der Waals surface area contributed by atoms with Crippen LogP contribution in [0.2, 0.25) is 0 Å². The predicted octanol–water partition coefficient (Wildman–Crippen LogP) is 4.91. The first kappa shape index (κ1) is 20.4. The molecular formula is C25H33N5O. The van der Waals surface area contributed by atoms with E-state index in [9.17, 15) is 0 Å². The quantitative estimate of drug-likeness (QED) is 0.588. The highest BCUT2D eigenvalue weighted by Crippen LogP contribution is 2.38. The van der Waals surface area contributed by atoms with E-state index in [1.54, 1.807) is 6.33 Å². The minimum absolute atomic E-state index is 0.203. The van der Waals surface area contributed by atoms with E-state index in [-0.39, 0.29) is 6.10 Å². The molecule has 1 saturated heterocycles. The highest BCUT2D eigenvalue weighted by molar-refractivity contribution is 5.86. The average Bonchev–Trinajstić information content (AvgIpc) is 3.37. The van der Waals surface area contributed by atoms with Crippen molar-refractivity contribution < 1.29 is 4.74 Å². The molecule has 164 valence electrons. The molecule has 1 saturated carbocycles. The monoisotopic (exact) mass is 419 g/mol. The number of ether oxygens (including phenoxy) is 1. The average molecular weight is 420 g/mol. The smallest absolute Gasteiger partial charge is 0.226 e. The number of nitrogens with zero attached hydrogens (tertiary/aromatic N) is 5. The molecule has 0 spiro atoms. The standard InChI is InChI=1S/C25H33N5O/c1-17-7-6-8-20(28-17)15-29-13-11-22(12-14-29)31-25-23-18(2)19(3)30(21-9-4-5-10-21)24(23)26-16-27-25/h6-8,16,21-22H,4-5,9-15H2,1-3H3. The number of aryl methyl sites for hydroxylation is 2. The van der Waals surface area contributed by atoms with Crippen LogP contribution in [0.3, 0.4) is 0 Å². The van der Waals surface area contributed by atoms with E-state index in [4.69, 9.17) is 4.74 Å². The second-order valence-electron chi connectivity index (χ2n) is 9.26. The van der Waals surface area contributed by atoms with Gasteiger partial charge >= 0.3 is 0 Å². The van der Waals surface area contributed by atoms with Crippen molar-refractivity contribution in [3.8, 4) is 5.88 Å². The summed E-state index contributed by atoms with van der Waals surface area (Å²) in [4.78, 5) is 16.4. The van der Waals surface area contributed by atoms with Crippen LogP contribution in [0.15, 0.2) is 24.5 Å². The molecule has 0 atom stereocenters. The maximum atomic E-state index is 6.49. The fourth-order valence-corrected chi connectivity index (χ4v) is 5.35. The van der Waals surface area contributed by atoms with Crippen molar-refractivity contribution >= 4 is 11.0 Å². The number of likely N-dealkylation sites (tertiary alicyclic amines) is 1. The van der Waals surface area contributed by atoms with Gasteiger partial charge in [0.15, 0.2) is 0 Å². The van der Waals surface area contributed by atoms with Crippen LogP contribution in [0.1, 0.15) is 67.2 Å². The Bertz CT molecular complexity index is 1060. The SMILES string of the molecule is Cc1cccc(CN2CCC(Oc3ncnc4c3c(C)c(C)n4C3CCCC3)CC2)n1. The summed E-state index contributed by atoms with van der Waals surface area (Å²) in [5, 5.41) is 1.11. The third-order valence-electron chi connectivity index (χ3n) is 7.13. The van der Waals surface area contributed by atoms with Gasteiger partial charge in [0.2, 0.25) is 5.88 Å². The number of pyridine rings is 1. The zero-order valence-corrected chi connectivity index (χ0v) is 19.0.